The third-order valence-corrected chi connectivity index (χ3v) is 6.66. The zero-order chi connectivity index (χ0) is 13.2. The van der Waals surface area contributed by atoms with Gasteiger partial charge in [0.25, 0.3) is 0 Å². The highest BCUT2D eigenvalue weighted by atomic mass is 79.9. The molecule has 18 heavy (non-hydrogen) atoms. The lowest BCUT2D eigenvalue weighted by molar-refractivity contribution is 0.280. The molecule has 0 amide bonds. The van der Waals surface area contributed by atoms with Crippen LogP contribution < -0.4 is 4.74 Å². The van der Waals surface area contributed by atoms with Crippen LogP contribution in [0.25, 0.3) is 6.08 Å². The van der Waals surface area contributed by atoms with Crippen molar-refractivity contribution in [1.29, 1.82) is 0 Å². The van der Waals surface area contributed by atoms with Gasteiger partial charge in [0, 0.05) is 12.0 Å². The van der Waals surface area contributed by atoms with E-state index in [0.717, 1.165) is 22.2 Å². The Kier molecular flexibility index (Phi) is 5.14. The molecule has 0 aromatic heterocycles. The molecule has 1 aliphatic heterocycles. The number of thioether (sulfide) groups is 2. The predicted octanol–water partition coefficient (Wildman–Crippen LogP) is 5.44. The van der Waals surface area contributed by atoms with Crippen molar-refractivity contribution in [2.45, 2.75) is 10.5 Å². The summed E-state index contributed by atoms with van der Waals surface area (Å²) in [6.45, 7) is 0.798. The summed E-state index contributed by atoms with van der Waals surface area (Å²) in [6.07, 6.45) is 7.45. The zero-order valence-electron chi connectivity index (χ0n) is 10.2. The molecule has 1 aromatic carbocycles. The summed E-state index contributed by atoms with van der Waals surface area (Å²) in [4.78, 5) is 0. The van der Waals surface area contributed by atoms with Gasteiger partial charge >= 0.3 is 0 Å². The van der Waals surface area contributed by atoms with E-state index in [1.807, 2.05) is 23.5 Å². The van der Waals surface area contributed by atoms with Gasteiger partial charge in [0.2, 0.25) is 0 Å². The lowest BCUT2D eigenvalue weighted by atomic mass is 10.0. The molecular weight excluding hydrogens is 396 g/mol. The van der Waals surface area contributed by atoms with Crippen LogP contribution in [-0.2, 0) is 4.08 Å². The minimum Gasteiger partial charge on any atom is -0.493 e. The SMILES string of the molecule is CSC1(SC)CCOc2ccc(C=C(Br)Br)cc21. The largest absolute Gasteiger partial charge is 0.493 e. The van der Waals surface area contributed by atoms with Crippen LogP contribution in [0.3, 0.4) is 0 Å². The molecule has 98 valence electrons. The Labute approximate surface area is 133 Å². The zero-order valence-corrected chi connectivity index (χ0v) is 15.0. The highest BCUT2D eigenvalue weighted by Crippen LogP contribution is 2.52. The standard InChI is InChI=1S/C13H14Br2OS2/c1-17-13(18-2)5-6-16-11-4-3-9(7-10(11)13)8-12(14)15/h3-4,7-8H,5-6H2,1-2H3. The summed E-state index contributed by atoms with van der Waals surface area (Å²) in [5.74, 6) is 1.02. The Morgan fingerprint density at radius 2 is 2.06 bits per heavy atom. The van der Waals surface area contributed by atoms with Crippen molar-refractivity contribution in [2.24, 2.45) is 0 Å². The summed E-state index contributed by atoms with van der Waals surface area (Å²) in [5.41, 5.74) is 2.47. The van der Waals surface area contributed by atoms with E-state index in [1.165, 1.54) is 11.1 Å². The van der Waals surface area contributed by atoms with Gasteiger partial charge in [0.1, 0.15) is 5.75 Å². The molecule has 0 radical (unpaired) electrons. The topological polar surface area (TPSA) is 9.23 Å². The molecule has 0 spiro atoms. The molecular formula is C13H14Br2OS2. The normalized spacial score (nSPS) is 16.7. The Bertz CT molecular complexity index is 466. The first kappa shape index (κ1) is 14.8. The van der Waals surface area contributed by atoms with Crippen LogP contribution in [-0.4, -0.2) is 19.1 Å². The van der Waals surface area contributed by atoms with E-state index in [2.05, 4.69) is 68.6 Å². The number of ether oxygens (including phenoxy) is 1. The van der Waals surface area contributed by atoms with Gasteiger partial charge in [-0.1, -0.05) is 6.07 Å². The van der Waals surface area contributed by atoms with Gasteiger partial charge in [-0.05, 0) is 68.1 Å². The molecule has 0 bridgehead atoms. The van der Waals surface area contributed by atoms with Crippen molar-refractivity contribution in [3.05, 3.63) is 32.7 Å². The maximum Gasteiger partial charge on any atom is 0.124 e. The molecule has 0 unspecified atom stereocenters. The Hall–Kier alpha value is 0.420. The van der Waals surface area contributed by atoms with Crippen LogP contribution in [0, 0.1) is 0 Å². The lowest BCUT2D eigenvalue weighted by Crippen LogP contribution is -2.26. The van der Waals surface area contributed by atoms with Crippen LogP contribution in [0.2, 0.25) is 0 Å². The van der Waals surface area contributed by atoms with Gasteiger partial charge < -0.3 is 4.74 Å². The predicted molar refractivity (Wildman–Crippen MR) is 91.1 cm³/mol. The summed E-state index contributed by atoms with van der Waals surface area (Å²) >= 11 is 10.6. The van der Waals surface area contributed by atoms with Crippen LogP contribution in [0.15, 0.2) is 21.6 Å². The second-order valence-corrected chi connectivity index (χ2v) is 9.19. The van der Waals surface area contributed by atoms with Gasteiger partial charge in [0.15, 0.2) is 0 Å². The molecule has 1 aromatic rings. The van der Waals surface area contributed by atoms with Crippen LogP contribution in [0.5, 0.6) is 5.75 Å². The lowest BCUT2D eigenvalue weighted by Gasteiger charge is -2.36. The third-order valence-electron chi connectivity index (χ3n) is 3.04. The van der Waals surface area contributed by atoms with E-state index < -0.39 is 0 Å². The molecule has 0 aliphatic carbocycles. The number of benzene rings is 1. The first-order valence-electron chi connectivity index (χ1n) is 5.51. The number of halogens is 2. The minimum atomic E-state index is 0.121. The first-order valence-corrected chi connectivity index (χ1v) is 9.55. The average Bonchev–Trinajstić information content (AvgIpc) is 2.37. The molecule has 1 heterocycles. The summed E-state index contributed by atoms with van der Waals surface area (Å²) in [6, 6.07) is 6.38. The molecule has 5 heteroatoms. The molecule has 2 rings (SSSR count). The van der Waals surface area contributed by atoms with Gasteiger partial charge in [-0.25, -0.2) is 0 Å². The smallest absolute Gasteiger partial charge is 0.124 e. The number of hydrogen-bond acceptors (Lipinski definition) is 3. The molecule has 1 aliphatic rings. The van der Waals surface area contributed by atoms with Crippen LogP contribution in [0.4, 0.5) is 0 Å². The van der Waals surface area contributed by atoms with Gasteiger partial charge in [-0.2, -0.15) is 0 Å². The monoisotopic (exact) mass is 408 g/mol. The van der Waals surface area contributed by atoms with E-state index in [-0.39, 0.29) is 4.08 Å². The fourth-order valence-corrected chi connectivity index (χ4v) is 4.65. The van der Waals surface area contributed by atoms with E-state index in [4.69, 9.17) is 4.74 Å². The second kappa shape index (κ2) is 6.25. The van der Waals surface area contributed by atoms with Gasteiger partial charge in [-0.15, -0.1) is 23.5 Å². The number of fused-ring (bicyclic) bond motifs is 1. The van der Waals surface area contributed by atoms with E-state index in [0.29, 0.717) is 0 Å². The van der Waals surface area contributed by atoms with E-state index >= 15 is 0 Å². The second-order valence-electron chi connectivity index (χ2n) is 3.95. The summed E-state index contributed by atoms with van der Waals surface area (Å²) in [5, 5.41) is 0. The number of rotatable bonds is 3. The van der Waals surface area contributed by atoms with Crippen molar-refractivity contribution >= 4 is 61.5 Å². The van der Waals surface area contributed by atoms with E-state index in [9.17, 15) is 0 Å². The van der Waals surface area contributed by atoms with Crippen molar-refractivity contribution < 1.29 is 4.74 Å². The van der Waals surface area contributed by atoms with Crippen molar-refractivity contribution in [1.82, 2.24) is 0 Å². The number of hydrogen-bond donors (Lipinski definition) is 0. The highest BCUT2D eigenvalue weighted by Gasteiger charge is 2.36. The Balaban J connectivity index is 2.50. The minimum absolute atomic E-state index is 0.121. The summed E-state index contributed by atoms with van der Waals surface area (Å²) < 4.78 is 6.84. The average molecular weight is 410 g/mol. The fraction of sp³-hybridized carbons (Fsp3) is 0.385. The molecule has 0 N–H and O–H groups in total. The van der Waals surface area contributed by atoms with Crippen LogP contribution >= 0.6 is 55.4 Å². The maximum absolute atomic E-state index is 5.77. The Morgan fingerprint density at radius 3 is 2.67 bits per heavy atom. The summed E-state index contributed by atoms with van der Waals surface area (Å²) in [7, 11) is 0. The highest BCUT2D eigenvalue weighted by molar-refractivity contribution is 9.28. The van der Waals surface area contributed by atoms with E-state index in [1.54, 1.807) is 0 Å². The fourth-order valence-electron chi connectivity index (χ4n) is 2.12. The van der Waals surface area contributed by atoms with Gasteiger partial charge in [-0.3, -0.25) is 0 Å². The van der Waals surface area contributed by atoms with Gasteiger partial charge in [0.05, 0.1) is 14.1 Å². The molecule has 0 saturated carbocycles. The first-order chi connectivity index (χ1) is 8.61. The maximum atomic E-state index is 5.77. The quantitative estimate of drug-likeness (QED) is 0.615. The van der Waals surface area contributed by atoms with Crippen molar-refractivity contribution in [2.75, 3.05) is 19.1 Å². The van der Waals surface area contributed by atoms with Crippen molar-refractivity contribution in [3.8, 4) is 5.75 Å². The molecule has 0 fully saturated rings. The van der Waals surface area contributed by atoms with Crippen LogP contribution in [0.1, 0.15) is 17.5 Å². The Morgan fingerprint density at radius 1 is 1.33 bits per heavy atom. The molecule has 0 saturated heterocycles. The molecule has 0 atom stereocenters. The third kappa shape index (κ3) is 2.94. The molecule has 1 nitrogen and oxygen atoms in total. The van der Waals surface area contributed by atoms with Crippen molar-refractivity contribution in [3.63, 3.8) is 0 Å².